The van der Waals surface area contributed by atoms with E-state index in [0.29, 0.717) is 23.7 Å². The lowest BCUT2D eigenvalue weighted by Crippen LogP contribution is -2.34. The molecule has 1 aromatic carbocycles. The standard InChI is InChI=1S/C13H17ClFNO/c1-13(2,15)12-9(4-3-5-10(12)14)11-8-16-6-7-17-11/h3-5,11,16H,6-8H2,1-2H3. The Kier molecular flexibility index (Phi) is 3.71. The zero-order valence-electron chi connectivity index (χ0n) is 10.1. The first kappa shape index (κ1) is 12.8. The molecule has 0 saturated carbocycles. The Morgan fingerprint density at radius 2 is 2.24 bits per heavy atom. The van der Waals surface area contributed by atoms with Gasteiger partial charge in [0.2, 0.25) is 0 Å². The number of benzene rings is 1. The number of rotatable bonds is 2. The molecule has 1 aliphatic heterocycles. The summed E-state index contributed by atoms with van der Waals surface area (Å²) in [6.45, 7) is 5.22. The van der Waals surface area contributed by atoms with Crippen LogP contribution in [0.25, 0.3) is 0 Å². The van der Waals surface area contributed by atoms with E-state index in [1.165, 1.54) is 13.8 Å². The summed E-state index contributed by atoms with van der Waals surface area (Å²) in [5, 5.41) is 3.70. The molecule has 0 amide bonds. The van der Waals surface area contributed by atoms with Crippen LogP contribution in [0.4, 0.5) is 4.39 Å². The fraction of sp³-hybridized carbons (Fsp3) is 0.538. The molecule has 1 aliphatic rings. The van der Waals surface area contributed by atoms with Gasteiger partial charge in [-0.15, -0.1) is 0 Å². The summed E-state index contributed by atoms with van der Waals surface area (Å²) >= 11 is 6.12. The van der Waals surface area contributed by atoms with Crippen LogP contribution in [0, 0.1) is 0 Å². The second-order valence-electron chi connectivity index (χ2n) is 4.74. The average molecular weight is 258 g/mol. The van der Waals surface area contributed by atoms with Gasteiger partial charge in [0.25, 0.3) is 0 Å². The van der Waals surface area contributed by atoms with E-state index in [0.717, 1.165) is 12.1 Å². The Morgan fingerprint density at radius 1 is 1.47 bits per heavy atom. The van der Waals surface area contributed by atoms with E-state index in [1.54, 1.807) is 6.07 Å². The smallest absolute Gasteiger partial charge is 0.132 e. The van der Waals surface area contributed by atoms with Crippen molar-refractivity contribution in [3.63, 3.8) is 0 Å². The number of hydrogen-bond donors (Lipinski definition) is 1. The molecule has 0 aromatic heterocycles. The summed E-state index contributed by atoms with van der Waals surface area (Å²) in [5.74, 6) is 0. The van der Waals surface area contributed by atoms with Gasteiger partial charge >= 0.3 is 0 Å². The molecule has 1 heterocycles. The normalized spacial score (nSPS) is 21.5. The minimum absolute atomic E-state index is 0.118. The van der Waals surface area contributed by atoms with Crippen molar-refractivity contribution >= 4 is 11.6 Å². The number of alkyl halides is 1. The van der Waals surface area contributed by atoms with Crippen LogP contribution in [0.15, 0.2) is 18.2 Å². The quantitative estimate of drug-likeness (QED) is 0.879. The molecular weight excluding hydrogens is 241 g/mol. The Balaban J connectivity index is 2.42. The van der Waals surface area contributed by atoms with Crippen molar-refractivity contribution in [2.24, 2.45) is 0 Å². The lowest BCUT2D eigenvalue weighted by molar-refractivity contribution is 0.0253. The highest BCUT2D eigenvalue weighted by Gasteiger charge is 2.29. The van der Waals surface area contributed by atoms with Crippen LogP contribution >= 0.6 is 11.6 Å². The van der Waals surface area contributed by atoms with Gasteiger partial charge in [-0.1, -0.05) is 23.7 Å². The molecule has 2 nitrogen and oxygen atoms in total. The van der Waals surface area contributed by atoms with E-state index in [9.17, 15) is 4.39 Å². The topological polar surface area (TPSA) is 21.3 Å². The number of hydrogen-bond acceptors (Lipinski definition) is 2. The van der Waals surface area contributed by atoms with Crippen molar-refractivity contribution in [3.8, 4) is 0 Å². The summed E-state index contributed by atoms with van der Waals surface area (Å²) in [4.78, 5) is 0. The second kappa shape index (κ2) is 4.92. The maximum atomic E-state index is 14.2. The van der Waals surface area contributed by atoms with Crippen molar-refractivity contribution in [1.29, 1.82) is 0 Å². The van der Waals surface area contributed by atoms with E-state index >= 15 is 0 Å². The lowest BCUT2D eigenvalue weighted by atomic mass is 9.91. The highest BCUT2D eigenvalue weighted by Crippen LogP contribution is 2.37. The molecule has 0 bridgehead atoms. The zero-order chi connectivity index (χ0) is 12.5. The maximum Gasteiger partial charge on any atom is 0.132 e. The molecule has 1 atom stereocenters. The Hall–Kier alpha value is -0.640. The Bertz CT molecular complexity index is 397. The molecular formula is C13H17ClFNO. The predicted molar refractivity (Wildman–Crippen MR) is 67.1 cm³/mol. The third kappa shape index (κ3) is 2.79. The number of morpholine rings is 1. The van der Waals surface area contributed by atoms with Crippen molar-refractivity contribution in [2.45, 2.75) is 25.6 Å². The summed E-state index contributed by atoms with van der Waals surface area (Å²) < 4.78 is 19.9. The summed E-state index contributed by atoms with van der Waals surface area (Å²) in [6.07, 6.45) is -0.118. The first-order chi connectivity index (χ1) is 8.00. The molecule has 17 heavy (non-hydrogen) atoms. The molecule has 0 radical (unpaired) electrons. The third-order valence-corrected chi connectivity index (χ3v) is 3.23. The predicted octanol–water partition coefficient (Wildman–Crippen LogP) is 3.21. The fourth-order valence-corrected chi connectivity index (χ4v) is 2.61. The lowest BCUT2D eigenvalue weighted by Gasteiger charge is -2.29. The van der Waals surface area contributed by atoms with Gasteiger partial charge in [-0.25, -0.2) is 4.39 Å². The van der Waals surface area contributed by atoms with E-state index in [-0.39, 0.29) is 6.10 Å². The molecule has 0 aliphatic carbocycles. The molecule has 1 aromatic rings. The maximum absolute atomic E-state index is 14.2. The summed E-state index contributed by atoms with van der Waals surface area (Å²) in [7, 11) is 0. The van der Waals surface area contributed by atoms with Crippen molar-refractivity contribution in [1.82, 2.24) is 5.32 Å². The van der Waals surface area contributed by atoms with E-state index in [4.69, 9.17) is 16.3 Å². The highest BCUT2D eigenvalue weighted by molar-refractivity contribution is 6.31. The van der Waals surface area contributed by atoms with E-state index < -0.39 is 5.67 Å². The van der Waals surface area contributed by atoms with Gasteiger partial charge in [0, 0.05) is 23.7 Å². The van der Waals surface area contributed by atoms with Gasteiger partial charge in [0.05, 0.1) is 12.7 Å². The van der Waals surface area contributed by atoms with Gasteiger partial charge in [-0.3, -0.25) is 0 Å². The average Bonchev–Trinajstić information content (AvgIpc) is 2.28. The van der Waals surface area contributed by atoms with Crippen LogP contribution in [0.3, 0.4) is 0 Å². The van der Waals surface area contributed by atoms with Crippen LogP contribution in [-0.2, 0) is 10.4 Å². The first-order valence-corrected chi connectivity index (χ1v) is 6.18. The Labute approximate surface area is 106 Å². The number of ether oxygens (including phenoxy) is 1. The van der Waals surface area contributed by atoms with Crippen molar-refractivity contribution in [3.05, 3.63) is 34.3 Å². The Morgan fingerprint density at radius 3 is 2.82 bits per heavy atom. The van der Waals surface area contributed by atoms with Crippen LogP contribution in [0.1, 0.15) is 31.1 Å². The zero-order valence-corrected chi connectivity index (χ0v) is 10.9. The van der Waals surface area contributed by atoms with Gasteiger partial charge in [-0.2, -0.15) is 0 Å². The van der Waals surface area contributed by atoms with Gasteiger partial charge in [0.15, 0.2) is 0 Å². The van der Waals surface area contributed by atoms with E-state index in [1.807, 2.05) is 12.1 Å². The molecule has 1 unspecified atom stereocenters. The van der Waals surface area contributed by atoms with Gasteiger partial charge in [-0.05, 0) is 25.5 Å². The van der Waals surface area contributed by atoms with Crippen LogP contribution in [0.2, 0.25) is 5.02 Å². The monoisotopic (exact) mass is 257 g/mol. The van der Waals surface area contributed by atoms with Crippen molar-refractivity contribution < 1.29 is 9.13 Å². The largest absolute Gasteiger partial charge is 0.371 e. The molecule has 4 heteroatoms. The molecule has 1 saturated heterocycles. The summed E-state index contributed by atoms with van der Waals surface area (Å²) in [6, 6.07) is 5.45. The minimum atomic E-state index is -1.46. The molecule has 94 valence electrons. The number of halogens is 2. The van der Waals surface area contributed by atoms with Gasteiger partial charge < -0.3 is 10.1 Å². The molecule has 0 spiro atoms. The second-order valence-corrected chi connectivity index (χ2v) is 5.15. The fourth-order valence-electron chi connectivity index (χ4n) is 2.20. The third-order valence-electron chi connectivity index (χ3n) is 2.91. The molecule has 1 N–H and O–H groups in total. The summed E-state index contributed by atoms with van der Waals surface area (Å²) in [5.41, 5.74) is -0.0818. The van der Waals surface area contributed by atoms with Crippen LogP contribution in [0.5, 0.6) is 0 Å². The molecule has 1 fully saturated rings. The minimum Gasteiger partial charge on any atom is -0.371 e. The van der Waals surface area contributed by atoms with E-state index in [2.05, 4.69) is 5.32 Å². The number of nitrogens with one attached hydrogen (secondary N) is 1. The SMILES string of the molecule is CC(C)(F)c1c(Cl)cccc1C1CNCCO1. The van der Waals surface area contributed by atoms with Crippen molar-refractivity contribution in [2.75, 3.05) is 19.7 Å². The van der Waals surface area contributed by atoms with Crippen LogP contribution < -0.4 is 5.32 Å². The molecule has 2 rings (SSSR count). The highest BCUT2D eigenvalue weighted by atomic mass is 35.5. The van der Waals surface area contributed by atoms with Crippen LogP contribution in [-0.4, -0.2) is 19.7 Å². The van der Waals surface area contributed by atoms with Gasteiger partial charge in [0.1, 0.15) is 5.67 Å². The first-order valence-electron chi connectivity index (χ1n) is 5.80.